The van der Waals surface area contributed by atoms with Crippen molar-refractivity contribution in [3.63, 3.8) is 0 Å². The van der Waals surface area contributed by atoms with Crippen molar-refractivity contribution >= 4 is 12.1 Å². The fourth-order valence-electron chi connectivity index (χ4n) is 1.38. The first-order valence-corrected chi connectivity index (χ1v) is 5.43. The predicted molar refractivity (Wildman–Crippen MR) is 69.6 cm³/mol. The normalized spacial score (nSPS) is 10.4. The van der Waals surface area contributed by atoms with Crippen LogP contribution in [0, 0.1) is 0 Å². The molecule has 0 fully saturated rings. The number of rotatable bonds is 3. The van der Waals surface area contributed by atoms with Gasteiger partial charge in [0.25, 0.3) is 5.91 Å². The van der Waals surface area contributed by atoms with Crippen LogP contribution in [0.4, 0.5) is 0 Å². The molecular weight excluding hydrogens is 228 g/mol. The Morgan fingerprint density at radius 1 is 1.06 bits per heavy atom. The summed E-state index contributed by atoms with van der Waals surface area (Å²) in [6.45, 7) is 0. The lowest BCUT2D eigenvalue weighted by Gasteiger charge is -1.99. The van der Waals surface area contributed by atoms with E-state index in [0.29, 0.717) is 5.56 Å². The van der Waals surface area contributed by atoms with E-state index < -0.39 is 0 Å². The summed E-state index contributed by atoms with van der Waals surface area (Å²) < 4.78 is 0. The van der Waals surface area contributed by atoms with Crippen LogP contribution < -0.4 is 5.43 Å². The molecule has 0 unspecified atom stereocenters. The van der Waals surface area contributed by atoms with Crippen LogP contribution in [-0.2, 0) is 0 Å². The van der Waals surface area contributed by atoms with Crippen molar-refractivity contribution in [1.82, 2.24) is 5.43 Å². The number of hydrazone groups is 1. The molecule has 1 amide bonds. The Morgan fingerprint density at radius 3 is 2.39 bits per heavy atom. The number of carbonyl (C=O) groups is 1. The number of benzene rings is 2. The molecule has 0 saturated heterocycles. The highest BCUT2D eigenvalue weighted by molar-refractivity contribution is 5.94. The van der Waals surface area contributed by atoms with Crippen LogP contribution in [0.3, 0.4) is 0 Å². The van der Waals surface area contributed by atoms with Crippen LogP contribution >= 0.6 is 0 Å². The van der Waals surface area contributed by atoms with Crippen LogP contribution in [0.25, 0.3) is 0 Å². The zero-order valence-electron chi connectivity index (χ0n) is 9.58. The lowest BCUT2D eigenvalue weighted by molar-refractivity contribution is 0.0955. The third-order valence-electron chi connectivity index (χ3n) is 2.31. The molecular formula is C14H12N2O2. The molecule has 0 radical (unpaired) electrons. The van der Waals surface area contributed by atoms with Gasteiger partial charge in [-0.05, 0) is 29.8 Å². The zero-order valence-corrected chi connectivity index (χ0v) is 9.58. The van der Waals surface area contributed by atoms with E-state index in [1.807, 2.05) is 30.3 Å². The molecule has 0 aliphatic heterocycles. The highest BCUT2D eigenvalue weighted by Crippen LogP contribution is 2.09. The number of amides is 1. The molecule has 0 atom stereocenters. The van der Waals surface area contributed by atoms with E-state index in [4.69, 9.17) is 5.11 Å². The van der Waals surface area contributed by atoms with Crippen LogP contribution in [0.1, 0.15) is 15.9 Å². The second kappa shape index (κ2) is 5.63. The number of nitrogens with zero attached hydrogens (tertiary/aromatic N) is 1. The van der Waals surface area contributed by atoms with Crippen molar-refractivity contribution in [3.05, 3.63) is 65.7 Å². The van der Waals surface area contributed by atoms with Gasteiger partial charge in [0.1, 0.15) is 5.75 Å². The van der Waals surface area contributed by atoms with Gasteiger partial charge in [-0.3, -0.25) is 4.79 Å². The minimum atomic E-state index is -0.317. The summed E-state index contributed by atoms with van der Waals surface area (Å²) in [5, 5.41) is 13.0. The molecule has 0 saturated carbocycles. The highest BCUT2D eigenvalue weighted by atomic mass is 16.3. The maximum absolute atomic E-state index is 11.6. The first kappa shape index (κ1) is 11.9. The van der Waals surface area contributed by atoms with Crippen molar-refractivity contribution in [2.24, 2.45) is 5.10 Å². The van der Waals surface area contributed by atoms with E-state index in [9.17, 15) is 4.79 Å². The van der Waals surface area contributed by atoms with E-state index in [1.165, 1.54) is 24.3 Å². The molecule has 0 aromatic heterocycles. The second-order valence-electron chi connectivity index (χ2n) is 3.66. The van der Waals surface area contributed by atoms with Gasteiger partial charge in [-0.2, -0.15) is 5.10 Å². The Morgan fingerprint density at radius 2 is 1.72 bits per heavy atom. The number of aromatic hydroxyl groups is 1. The SMILES string of the molecule is O=C(NN=Cc1ccccc1)c1ccc(O)cc1. The van der Waals surface area contributed by atoms with Crippen molar-refractivity contribution in [1.29, 1.82) is 0 Å². The van der Waals surface area contributed by atoms with Gasteiger partial charge < -0.3 is 5.11 Å². The fourth-order valence-corrected chi connectivity index (χ4v) is 1.38. The van der Waals surface area contributed by atoms with Gasteiger partial charge in [-0.1, -0.05) is 30.3 Å². The summed E-state index contributed by atoms with van der Waals surface area (Å²) in [5.74, 6) is -0.193. The first-order valence-electron chi connectivity index (χ1n) is 5.43. The molecule has 4 nitrogen and oxygen atoms in total. The monoisotopic (exact) mass is 240 g/mol. The molecule has 0 aliphatic rings. The van der Waals surface area contributed by atoms with Crippen molar-refractivity contribution in [2.75, 3.05) is 0 Å². The Bertz CT molecular complexity index is 548. The van der Waals surface area contributed by atoms with Crippen LogP contribution in [0.15, 0.2) is 59.7 Å². The Kier molecular flexibility index (Phi) is 3.71. The highest BCUT2D eigenvalue weighted by Gasteiger charge is 2.02. The molecule has 0 heterocycles. The molecule has 0 aliphatic carbocycles. The van der Waals surface area contributed by atoms with Crippen molar-refractivity contribution < 1.29 is 9.90 Å². The van der Waals surface area contributed by atoms with Crippen molar-refractivity contribution in [2.45, 2.75) is 0 Å². The molecule has 90 valence electrons. The van der Waals surface area contributed by atoms with Crippen LogP contribution in [-0.4, -0.2) is 17.2 Å². The number of phenolic OH excluding ortho intramolecular Hbond substituents is 1. The number of hydrogen-bond donors (Lipinski definition) is 2. The van der Waals surface area contributed by atoms with Gasteiger partial charge in [0, 0.05) is 5.56 Å². The van der Waals surface area contributed by atoms with E-state index in [2.05, 4.69) is 10.5 Å². The molecule has 4 heteroatoms. The average molecular weight is 240 g/mol. The van der Waals surface area contributed by atoms with Crippen LogP contribution in [0.2, 0.25) is 0 Å². The van der Waals surface area contributed by atoms with Gasteiger partial charge in [-0.15, -0.1) is 0 Å². The molecule has 2 rings (SSSR count). The summed E-state index contributed by atoms with van der Waals surface area (Å²) >= 11 is 0. The Labute approximate surface area is 105 Å². The maximum Gasteiger partial charge on any atom is 0.271 e. The summed E-state index contributed by atoms with van der Waals surface area (Å²) in [4.78, 5) is 11.6. The summed E-state index contributed by atoms with van der Waals surface area (Å²) in [6.07, 6.45) is 1.57. The van der Waals surface area contributed by atoms with E-state index in [1.54, 1.807) is 6.21 Å². The Hall–Kier alpha value is -2.62. The lowest BCUT2D eigenvalue weighted by Crippen LogP contribution is -2.17. The predicted octanol–water partition coefficient (Wildman–Crippen LogP) is 2.16. The first-order chi connectivity index (χ1) is 8.75. The second-order valence-corrected chi connectivity index (χ2v) is 3.66. The van der Waals surface area contributed by atoms with Crippen molar-refractivity contribution in [3.8, 4) is 5.75 Å². The number of carbonyl (C=O) groups excluding carboxylic acids is 1. The minimum Gasteiger partial charge on any atom is -0.508 e. The Balaban J connectivity index is 1.96. The largest absolute Gasteiger partial charge is 0.508 e. The smallest absolute Gasteiger partial charge is 0.271 e. The summed E-state index contributed by atoms with van der Waals surface area (Å²) in [7, 11) is 0. The third-order valence-corrected chi connectivity index (χ3v) is 2.31. The van der Waals surface area contributed by atoms with Gasteiger partial charge in [0.05, 0.1) is 6.21 Å². The summed E-state index contributed by atoms with van der Waals surface area (Å²) in [5.41, 5.74) is 3.76. The quantitative estimate of drug-likeness (QED) is 0.638. The minimum absolute atomic E-state index is 0.124. The van der Waals surface area contributed by atoms with Crippen LogP contribution in [0.5, 0.6) is 5.75 Å². The van der Waals surface area contributed by atoms with Gasteiger partial charge >= 0.3 is 0 Å². The van der Waals surface area contributed by atoms with E-state index in [0.717, 1.165) is 5.56 Å². The number of hydrogen-bond acceptors (Lipinski definition) is 3. The third kappa shape index (κ3) is 3.18. The molecule has 0 bridgehead atoms. The molecule has 2 aromatic rings. The zero-order chi connectivity index (χ0) is 12.8. The number of nitrogens with one attached hydrogen (secondary N) is 1. The topological polar surface area (TPSA) is 61.7 Å². The van der Waals surface area contributed by atoms with E-state index >= 15 is 0 Å². The number of phenols is 1. The molecule has 2 aromatic carbocycles. The standard InChI is InChI=1S/C14H12N2O2/c17-13-8-6-12(7-9-13)14(18)16-15-10-11-4-2-1-3-5-11/h1-10,17H,(H,16,18). The van der Waals surface area contributed by atoms with E-state index in [-0.39, 0.29) is 11.7 Å². The molecule has 2 N–H and O–H groups in total. The van der Waals surface area contributed by atoms with Gasteiger partial charge in [-0.25, -0.2) is 5.43 Å². The van der Waals surface area contributed by atoms with Gasteiger partial charge in [0.15, 0.2) is 0 Å². The maximum atomic E-state index is 11.6. The molecule has 18 heavy (non-hydrogen) atoms. The average Bonchev–Trinajstić information content (AvgIpc) is 2.40. The molecule has 0 spiro atoms. The van der Waals surface area contributed by atoms with Gasteiger partial charge in [0.2, 0.25) is 0 Å². The lowest BCUT2D eigenvalue weighted by atomic mass is 10.2. The summed E-state index contributed by atoms with van der Waals surface area (Å²) in [6, 6.07) is 15.4. The fraction of sp³-hybridized carbons (Fsp3) is 0.